The summed E-state index contributed by atoms with van der Waals surface area (Å²) in [4.78, 5) is 12.1. The molecule has 2 aromatic rings. The Labute approximate surface area is 112 Å². The van der Waals surface area contributed by atoms with Gasteiger partial charge in [-0.2, -0.15) is 0 Å². The Balaban J connectivity index is 1.92. The van der Waals surface area contributed by atoms with Gasteiger partial charge in [0.05, 0.1) is 0 Å². The SMILES string of the molecule is NC(Cn1c2c(ccc1=O)CCC2)c1ccccc1. The maximum absolute atomic E-state index is 12.1. The molecule has 1 aromatic carbocycles. The van der Waals surface area contributed by atoms with Gasteiger partial charge in [0.1, 0.15) is 0 Å². The van der Waals surface area contributed by atoms with E-state index in [1.165, 1.54) is 11.3 Å². The van der Waals surface area contributed by atoms with E-state index in [4.69, 9.17) is 5.73 Å². The monoisotopic (exact) mass is 254 g/mol. The van der Waals surface area contributed by atoms with Crippen molar-refractivity contribution in [2.24, 2.45) is 5.73 Å². The summed E-state index contributed by atoms with van der Waals surface area (Å²) in [6.45, 7) is 0.562. The number of hydrogen-bond donors (Lipinski definition) is 1. The molecule has 1 aromatic heterocycles. The molecule has 1 aliphatic carbocycles. The van der Waals surface area contributed by atoms with Crippen LogP contribution in [0.4, 0.5) is 0 Å². The van der Waals surface area contributed by atoms with Crippen molar-refractivity contribution >= 4 is 0 Å². The van der Waals surface area contributed by atoms with Gasteiger partial charge in [0, 0.05) is 24.3 Å². The molecule has 1 unspecified atom stereocenters. The van der Waals surface area contributed by atoms with Crippen molar-refractivity contribution < 1.29 is 0 Å². The third-order valence-electron chi connectivity index (χ3n) is 3.86. The predicted octanol–water partition coefficient (Wildman–Crippen LogP) is 2.04. The lowest BCUT2D eigenvalue weighted by Crippen LogP contribution is -2.28. The normalized spacial score (nSPS) is 15.2. The first-order valence-electron chi connectivity index (χ1n) is 6.78. The summed E-state index contributed by atoms with van der Waals surface area (Å²) in [6.07, 6.45) is 3.21. The van der Waals surface area contributed by atoms with Crippen LogP contribution in [-0.2, 0) is 19.4 Å². The Morgan fingerprint density at radius 3 is 2.68 bits per heavy atom. The number of nitrogens with zero attached hydrogens (tertiary/aromatic N) is 1. The van der Waals surface area contributed by atoms with Crippen LogP contribution in [0.25, 0.3) is 0 Å². The van der Waals surface area contributed by atoms with Crippen molar-refractivity contribution in [3.63, 3.8) is 0 Å². The third-order valence-corrected chi connectivity index (χ3v) is 3.86. The summed E-state index contributed by atoms with van der Waals surface area (Å²) in [5.41, 5.74) is 9.85. The molecular weight excluding hydrogens is 236 g/mol. The number of hydrogen-bond acceptors (Lipinski definition) is 2. The van der Waals surface area contributed by atoms with Gasteiger partial charge >= 0.3 is 0 Å². The van der Waals surface area contributed by atoms with Crippen LogP contribution in [0.5, 0.6) is 0 Å². The Bertz CT molecular complexity index is 631. The van der Waals surface area contributed by atoms with Crippen LogP contribution in [0.1, 0.15) is 29.3 Å². The van der Waals surface area contributed by atoms with Crippen LogP contribution in [0.3, 0.4) is 0 Å². The third kappa shape index (κ3) is 2.34. The molecule has 0 saturated carbocycles. The van der Waals surface area contributed by atoms with Crippen molar-refractivity contribution in [1.29, 1.82) is 0 Å². The second kappa shape index (κ2) is 5.02. The molecule has 0 radical (unpaired) electrons. The van der Waals surface area contributed by atoms with E-state index in [1.54, 1.807) is 6.07 Å². The van der Waals surface area contributed by atoms with E-state index in [1.807, 2.05) is 41.0 Å². The molecule has 1 heterocycles. The molecular formula is C16H18N2O. The largest absolute Gasteiger partial charge is 0.322 e. The smallest absolute Gasteiger partial charge is 0.250 e. The zero-order valence-corrected chi connectivity index (χ0v) is 10.9. The first-order valence-corrected chi connectivity index (χ1v) is 6.78. The van der Waals surface area contributed by atoms with E-state index >= 15 is 0 Å². The Morgan fingerprint density at radius 1 is 1.11 bits per heavy atom. The van der Waals surface area contributed by atoms with Crippen molar-refractivity contribution in [3.05, 3.63) is 69.6 Å². The summed E-state index contributed by atoms with van der Waals surface area (Å²) >= 11 is 0. The van der Waals surface area contributed by atoms with Gasteiger partial charge in [-0.25, -0.2) is 0 Å². The van der Waals surface area contributed by atoms with Crippen molar-refractivity contribution in [1.82, 2.24) is 4.57 Å². The van der Waals surface area contributed by atoms with Gasteiger partial charge in [-0.15, -0.1) is 0 Å². The predicted molar refractivity (Wildman–Crippen MR) is 76.1 cm³/mol. The highest BCUT2D eigenvalue weighted by molar-refractivity contribution is 5.26. The quantitative estimate of drug-likeness (QED) is 0.911. The van der Waals surface area contributed by atoms with Crippen molar-refractivity contribution in [2.45, 2.75) is 31.8 Å². The summed E-state index contributed by atoms with van der Waals surface area (Å²) in [7, 11) is 0. The van der Waals surface area contributed by atoms with E-state index in [-0.39, 0.29) is 11.6 Å². The Kier molecular flexibility index (Phi) is 3.22. The van der Waals surface area contributed by atoms with Crippen LogP contribution in [0.15, 0.2) is 47.3 Å². The van der Waals surface area contributed by atoms with E-state index in [9.17, 15) is 4.79 Å². The standard InChI is InChI=1S/C16H18N2O/c17-14(12-5-2-1-3-6-12)11-18-15-8-4-7-13(15)9-10-16(18)19/h1-3,5-6,9-10,14H,4,7-8,11,17H2. The summed E-state index contributed by atoms with van der Waals surface area (Å²) in [5.74, 6) is 0. The van der Waals surface area contributed by atoms with Crippen LogP contribution in [-0.4, -0.2) is 4.57 Å². The lowest BCUT2D eigenvalue weighted by Gasteiger charge is -2.17. The van der Waals surface area contributed by atoms with E-state index in [0.29, 0.717) is 6.54 Å². The fourth-order valence-electron chi connectivity index (χ4n) is 2.84. The van der Waals surface area contributed by atoms with Gasteiger partial charge in [-0.3, -0.25) is 4.79 Å². The molecule has 98 valence electrons. The van der Waals surface area contributed by atoms with Crippen LogP contribution < -0.4 is 11.3 Å². The second-order valence-corrected chi connectivity index (χ2v) is 5.12. The summed E-state index contributed by atoms with van der Waals surface area (Å²) in [6, 6.07) is 13.5. The minimum atomic E-state index is -0.133. The summed E-state index contributed by atoms with van der Waals surface area (Å²) < 4.78 is 1.86. The van der Waals surface area contributed by atoms with E-state index in [2.05, 4.69) is 0 Å². The number of rotatable bonds is 3. The number of benzene rings is 1. The van der Waals surface area contributed by atoms with E-state index in [0.717, 1.165) is 24.8 Å². The van der Waals surface area contributed by atoms with Gasteiger partial charge < -0.3 is 10.3 Å². The fraction of sp³-hybridized carbons (Fsp3) is 0.312. The van der Waals surface area contributed by atoms with E-state index < -0.39 is 0 Å². The van der Waals surface area contributed by atoms with Crippen LogP contribution in [0, 0.1) is 0 Å². The average Bonchev–Trinajstić information content (AvgIpc) is 2.91. The molecule has 3 rings (SSSR count). The first-order chi connectivity index (χ1) is 9.25. The number of nitrogens with two attached hydrogens (primary N) is 1. The molecule has 0 bridgehead atoms. The first kappa shape index (κ1) is 12.2. The van der Waals surface area contributed by atoms with Crippen molar-refractivity contribution in [3.8, 4) is 0 Å². The molecule has 1 atom stereocenters. The topological polar surface area (TPSA) is 48.0 Å². The highest BCUT2D eigenvalue weighted by Crippen LogP contribution is 2.21. The molecule has 3 nitrogen and oxygen atoms in total. The van der Waals surface area contributed by atoms with Gasteiger partial charge in [-0.05, 0) is 30.4 Å². The molecule has 0 spiro atoms. The lowest BCUT2D eigenvalue weighted by atomic mass is 10.1. The van der Waals surface area contributed by atoms with Crippen molar-refractivity contribution in [2.75, 3.05) is 0 Å². The van der Waals surface area contributed by atoms with Gasteiger partial charge in [0.2, 0.25) is 0 Å². The lowest BCUT2D eigenvalue weighted by molar-refractivity contribution is 0.544. The zero-order chi connectivity index (χ0) is 13.2. The minimum absolute atomic E-state index is 0.0621. The van der Waals surface area contributed by atoms with Crippen LogP contribution in [0.2, 0.25) is 0 Å². The fourth-order valence-corrected chi connectivity index (χ4v) is 2.84. The van der Waals surface area contributed by atoms with Gasteiger partial charge in [0.15, 0.2) is 0 Å². The molecule has 2 N–H and O–H groups in total. The summed E-state index contributed by atoms with van der Waals surface area (Å²) in [5, 5.41) is 0. The maximum atomic E-state index is 12.1. The zero-order valence-electron chi connectivity index (χ0n) is 10.9. The maximum Gasteiger partial charge on any atom is 0.250 e. The van der Waals surface area contributed by atoms with Crippen LogP contribution >= 0.6 is 0 Å². The number of fused-ring (bicyclic) bond motifs is 1. The highest BCUT2D eigenvalue weighted by Gasteiger charge is 2.17. The number of pyridine rings is 1. The molecule has 0 amide bonds. The number of aromatic nitrogens is 1. The molecule has 0 aliphatic heterocycles. The van der Waals surface area contributed by atoms with Gasteiger partial charge in [0.25, 0.3) is 5.56 Å². The Morgan fingerprint density at radius 2 is 1.89 bits per heavy atom. The van der Waals surface area contributed by atoms with Gasteiger partial charge in [-0.1, -0.05) is 36.4 Å². The molecule has 3 heteroatoms. The highest BCUT2D eigenvalue weighted by atomic mass is 16.1. The second-order valence-electron chi connectivity index (χ2n) is 5.12. The average molecular weight is 254 g/mol. The molecule has 19 heavy (non-hydrogen) atoms. The molecule has 0 saturated heterocycles. The Hall–Kier alpha value is -1.87. The number of aryl methyl sites for hydroxylation is 1. The minimum Gasteiger partial charge on any atom is -0.322 e. The molecule has 1 aliphatic rings. The molecule has 0 fully saturated rings.